The van der Waals surface area contributed by atoms with E-state index in [4.69, 9.17) is 0 Å². The van der Waals surface area contributed by atoms with Crippen LogP contribution in [0.3, 0.4) is 0 Å². The summed E-state index contributed by atoms with van der Waals surface area (Å²) < 4.78 is 26.0. The van der Waals surface area contributed by atoms with Gasteiger partial charge in [-0.15, -0.1) is 0 Å². The van der Waals surface area contributed by atoms with Crippen molar-refractivity contribution in [2.24, 2.45) is 0 Å². The van der Waals surface area contributed by atoms with Gasteiger partial charge in [0.1, 0.15) is 0 Å². The van der Waals surface area contributed by atoms with E-state index in [1.165, 1.54) is 4.31 Å². The fourth-order valence-electron chi connectivity index (χ4n) is 4.59. The van der Waals surface area contributed by atoms with Crippen molar-refractivity contribution in [3.8, 4) is 0 Å². The van der Waals surface area contributed by atoms with Gasteiger partial charge in [0.15, 0.2) is 0 Å². The van der Waals surface area contributed by atoms with Crippen LogP contribution in [0.1, 0.15) is 41.3 Å². The number of anilines is 1. The van der Waals surface area contributed by atoms with Gasteiger partial charge in [-0.1, -0.05) is 30.3 Å². The summed E-state index contributed by atoms with van der Waals surface area (Å²) in [6.45, 7) is 2.66. The first-order chi connectivity index (χ1) is 14.8. The highest BCUT2D eigenvalue weighted by molar-refractivity contribution is 7.89. The normalized spacial score (nSPS) is 18.3. The van der Waals surface area contributed by atoms with Crippen molar-refractivity contribution in [2.45, 2.75) is 31.7 Å². The molecule has 0 unspecified atom stereocenters. The third kappa shape index (κ3) is 3.74. The van der Waals surface area contributed by atoms with Crippen molar-refractivity contribution in [1.29, 1.82) is 0 Å². The number of sulfonamides is 1. The summed E-state index contributed by atoms with van der Waals surface area (Å²) in [7, 11) is -1.55. The largest absolute Gasteiger partial charge is 0.348 e. The number of nitrogens with one attached hydrogen (secondary N) is 1. The first-order valence-corrected chi connectivity index (χ1v) is 12.1. The van der Waals surface area contributed by atoms with Gasteiger partial charge in [0.05, 0.1) is 11.2 Å². The standard InChI is InChI=1S/C23H27N3O4S/c1-3-31(29,30)26-13-11-23(12-14-26)19-15-18(9-10-20(19)25(2)22(23)28)21(27)24-16-17-7-5-4-6-8-17/h4-10,15H,3,11-14,16H2,1-2H3,(H,24,27). The Morgan fingerprint density at radius 3 is 2.42 bits per heavy atom. The lowest BCUT2D eigenvalue weighted by Crippen LogP contribution is -2.49. The van der Waals surface area contributed by atoms with E-state index in [0.29, 0.717) is 38.0 Å². The molecule has 2 aromatic rings. The fourth-order valence-corrected chi connectivity index (χ4v) is 5.69. The average molecular weight is 442 g/mol. The van der Waals surface area contributed by atoms with E-state index in [9.17, 15) is 18.0 Å². The van der Waals surface area contributed by atoms with E-state index < -0.39 is 15.4 Å². The Morgan fingerprint density at radius 1 is 1.10 bits per heavy atom. The summed E-state index contributed by atoms with van der Waals surface area (Å²) in [6, 6.07) is 15.0. The van der Waals surface area contributed by atoms with E-state index in [-0.39, 0.29) is 17.6 Å². The lowest BCUT2D eigenvalue weighted by Gasteiger charge is -2.37. The Labute approximate surface area is 183 Å². The third-order valence-corrected chi connectivity index (χ3v) is 8.36. The number of likely N-dealkylation sites (N-methyl/N-ethyl adjacent to an activating group) is 1. The molecule has 164 valence electrons. The molecule has 31 heavy (non-hydrogen) atoms. The van der Waals surface area contributed by atoms with Crippen LogP contribution >= 0.6 is 0 Å². The van der Waals surface area contributed by atoms with E-state index in [0.717, 1.165) is 16.8 Å². The Morgan fingerprint density at radius 2 is 1.77 bits per heavy atom. The molecule has 2 amide bonds. The van der Waals surface area contributed by atoms with E-state index in [1.807, 2.05) is 36.4 Å². The number of piperidine rings is 1. The Balaban J connectivity index is 1.58. The molecule has 1 saturated heterocycles. The number of carbonyl (C=O) groups excluding carboxylic acids is 2. The number of amides is 2. The van der Waals surface area contributed by atoms with Crippen LogP contribution in [0.2, 0.25) is 0 Å². The topological polar surface area (TPSA) is 86.8 Å². The molecule has 0 atom stereocenters. The molecular formula is C23H27N3O4S. The van der Waals surface area contributed by atoms with Crippen LogP contribution in [0.15, 0.2) is 48.5 Å². The van der Waals surface area contributed by atoms with Gasteiger partial charge in [-0.05, 0) is 49.1 Å². The summed E-state index contributed by atoms with van der Waals surface area (Å²) in [5.41, 5.74) is 2.34. The minimum absolute atomic E-state index is 0.0297. The summed E-state index contributed by atoms with van der Waals surface area (Å²) in [5, 5.41) is 2.93. The van der Waals surface area contributed by atoms with Crippen molar-refractivity contribution >= 4 is 27.5 Å². The van der Waals surface area contributed by atoms with Gasteiger partial charge < -0.3 is 10.2 Å². The third-order valence-electron chi connectivity index (χ3n) is 6.48. The number of benzene rings is 2. The van der Waals surface area contributed by atoms with Crippen LogP contribution in [0, 0.1) is 0 Å². The number of carbonyl (C=O) groups is 2. The number of hydrogen-bond donors (Lipinski definition) is 1. The quantitative estimate of drug-likeness (QED) is 0.771. The van der Waals surface area contributed by atoms with E-state index in [2.05, 4.69) is 5.32 Å². The highest BCUT2D eigenvalue weighted by atomic mass is 32.2. The van der Waals surface area contributed by atoms with Crippen LogP contribution in [-0.2, 0) is 26.8 Å². The van der Waals surface area contributed by atoms with Crippen molar-refractivity contribution in [1.82, 2.24) is 9.62 Å². The van der Waals surface area contributed by atoms with Crippen LogP contribution in [-0.4, -0.2) is 50.4 Å². The second kappa shape index (κ2) is 8.09. The number of fused-ring (bicyclic) bond motifs is 2. The first-order valence-electron chi connectivity index (χ1n) is 10.5. The van der Waals surface area contributed by atoms with Gasteiger partial charge in [0.2, 0.25) is 15.9 Å². The summed E-state index contributed by atoms with van der Waals surface area (Å²) in [6.07, 6.45) is 0.828. The highest BCUT2D eigenvalue weighted by Gasteiger charge is 2.52. The van der Waals surface area contributed by atoms with Gasteiger partial charge in [-0.2, -0.15) is 0 Å². The summed E-state index contributed by atoms with van der Waals surface area (Å²) in [4.78, 5) is 27.6. The van der Waals surface area contributed by atoms with Gasteiger partial charge in [-0.3, -0.25) is 9.59 Å². The first kappa shape index (κ1) is 21.5. The van der Waals surface area contributed by atoms with Crippen molar-refractivity contribution < 1.29 is 18.0 Å². The van der Waals surface area contributed by atoms with Crippen molar-refractivity contribution in [3.05, 3.63) is 65.2 Å². The zero-order valence-electron chi connectivity index (χ0n) is 17.8. The number of rotatable bonds is 5. The molecule has 2 aromatic carbocycles. The van der Waals surface area contributed by atoms with E-state index >= 15 is 0 Å². The van der Waals surface area contributed by atoms with Crippen LogP contribution in [0.4, 0.5) is 5.69 Å². The minimum Gasteiger partial charge on any atom is -0.348 e. The maximum absolute atomic E-state index is 13.2. The van der Waals surface area contributed by atoms with E-state index in [1.54, 1.807) is 31.0 Å². The highest BCUT2D eigenvalue weighted by Crippen LogP contribution is 2.48. The van der Waals surface area contributed by atoms with Crippen molar-refractivity contribution in [2.75, 3.05) is 30.8 Å². The zero-order chi connectivity index (χ0) is 22.2. The molecule has 0 saturated carbocycles. The van der Waals surface area contributed by atoms with Gasteiger partial charge >= 0.3 is 0 Å². The fraction of sp³-hybridized carbons (Fsp3) is 0.391. The summed E-state index contributed by atoms with van der Waals surface area (Å²) in [5.74, 6) is -0.177. The Bertz CT molecular complexity index is 1110. The zero-order valence-corrected chi connectivity index (χ0v) is 18.6. The monoisotopic (exact) mass is 441 g/mol. The molecule has 0 bridgehead atoms. The molecule has 7 nitrogen and oxygen atoms in total. The molecule has 2 aliphatic heterocycles. The number of hydrogen-bond acceptors (Lipinski definition) is 4. The lowest BCUT2D eigenvalue weighted by atomic mass is 9.74. The second-order valence-electron chi connectivity index (χ2n) is 8.15. The maximum atomic E-state index is 13.2. The molecular weight excluding hydrogens is 414 g/mol. The molecule has 8 heteroatoms. The molecule has 1 N–H and O–H groups in total. The van der Waals surface area contributed by atoms with Gasteiger partial charge in [0, 0.05) is 37.9 Å². The summed E-state index contributed by atoms with van der Waals surface area (Å²) >= 11 is 0. The second-order valence-corrected chi connectivity index (χ2v) is 10.4. The smallest absolute Gasteiger partial charge is 0.251 e. The molecule has 0 aliphatic carbocycles. The Kier molecular flexibility index (Phi) is 5.61. The molecule has 1 fully saturated rings. The van der Waals surface area contributed by atoms with Crippen molar-refractivity contribution in [3.63, 3.8) is 0 Å². The molecule has 2 heterocycles. The SMILES string of the molecule is CCS(=O)(=O)N1CCC2(CC1)C(=O)N(C)c1ccc(C(=O)NCc3ccccc3)cc12. The predicted octanol–water partition coefficient (Wildman–Crippen LogP) is 2.28. The lowest BCUT2D eigenvalue weighted by molar-refractivity contribution is -0.124. The predicted molar refractivity (Wildman–Crippen MR) is 119 cm³/mol. The van der Waals surface area contributed by atoms with Gasteiger partial charge in [0.25, 0.3) is 5.91 Å². The molecule has 4 rings (SSSR count). The molecule has 2 aliphatic rings. The Hall–Kier alpha value is -2.71. The van der Waals surface area contributed by atoms with Crippen LogP contribution < -0.4 is 10.2 Å². The average Bonchev–Trinajstić information content (AvgIpc) is 3.00. The molecule has 0 radical (unpaired) electrons. The van der Waals surface area contributed by atoms with Crippen LogP contribution in [0.25, 0.3) is 0 Å². The molecule has 0 aromatic heterocycles. The van der Waals surface area contributed by atoms with Crippen LogP contribution in [0.5, 0.6) is 0 Å². The minimum atomic E-state index is -3.29. The maximum Gasteiger partial charge on any atom is 0.251 e. The van der Waals surface area contributed by atoms with Gasteiger partial charge in [-0.25, -0.2) is 12.7 Å². The number of nitrogens with zero attached hydrogens (tertiary/aromatic N) is 2. The molecule has 1 spiro atoms.